The van der Waals surface area contributed by atoms with Crippen LogP contribution in [-0.4, -0.2) is 52.4 Å². The predicted octanol–water partition coefficient (Wildman–Crippen LogP) is 3.58. The third-order valence-corrected chi connectivity index (χ3v) is 6.00. The highest BCUT2D eigenvalue weighted by Crippen LogP contribution is 2.36. The molecule has 0 spiro atoms. The topological polar surface area (TPSA) is 101 Å². The van der Waals surface area contributed by atoms with Crippen molar-refractivity contribution in [2.45, 2.75) is 51.4 Å². The van der Waals surface area contributed by atoms with Crippen molar-refractivity contribution in [2.75, 3.05) is 5.75 Å². The predicted molar refractivity (Wildman–Crippen MR) is 118 cm³/mol. The summed E-state index contributed by atoms with van der Waals surface area (Å²) >= 11 is 1.04. The number of hydrogen-bond acceptors (Lipinski definition) is 9. The second-order valence-corrected chi connectivity index (χ2v) is 8.71. The van der Waals surface area contributed by atoms with E-state index in [4.69, 9.17) is 18.9 Å². The Morgan fingerprint density at radius 2 is 1.59 bits per heavy atom. The molecule has 0 amide bonds. The van der Waals surface area contributed by atoms with E-state index in [0.29, 0.717) is 11.1 Å². The molecule has 1 saturated heterocycles. The minimum absolute atomic E-state index is 0.0889. The zero-order valence-electron chi connectivity index (χ0n) is 18.9. The van der Waals surface area contributed by atoms with E-state index in [1.807, 2.05) is 0 Å². The van der Waals surface area contributed by atoms with Crippen LogP contribution in [-0.2, 0) is 28.6 Å². The van der Waals surface area contributed by atoms with Crippen LogP contribution >= 0.6 is 11.8 Å². The van der Waals surface area contributed by atoms with E-state index < -0.39 is 59.0 Å². The Morgan fingerprint density at radius 3 is 2.18 bits per heavy atom. The fourth-order valence-electron chi connectivity index (χ4n) is 3.39. The highest BCUT2D eigenvalue weighted by atomic mass is 32.2. The van der Waals surface area contributed by atoms with Crippen molar-refractivity contribution in [1.82, 2.24) is 4.98 Å². The molecule has 1 aliphatic heterocycles. The van der Waals surface area contributed by atoms with Gasteiger partial charge in [-0.15, -0.1) is 11.8 Å². The third kappa shape index (κ3) is 6.22. The fourth-order valence-corrected chi connectivity index (χ4v) is 4.60. The van der Waals surface area contributed by atoms with E-state index in [2.05, 4.69) is 4.98 Å². The minimum atomic E-state index is -1.27. The van der Waals surface area contributed by atoms with Crippen molar-refractivity contribution in [1.29, 1.82) is 0 Å². The van der Waals surface area contributed by atoms with Gasteiger partial charge in [0.25, 0.3) is 0 Å². The molecule has 182 valence electrons. The molecule has 0 unspecified atom stereocenters. The fraction of sp³-hybridized carbons (Fsp3) is 0.391. The largest absolute Gasteiger partial charge is 0.472 e. The number of carbonyl (C=O) groups is 3. The Labute approximate surface area is 198 Å². The summed E-state index contributed by atoms with van der Waals surface area (Å²) in [6.07, 6.45) is -1.91. The van der Waals surface area contributed by atoms with Crippen LogP contribution in [0.4, 0.5) is 8.78 Å². The summed E-state index contributed by atoms with van der Waals surface area (Å²) in [5.74, 6) is -4.80. The molecule has 11 heteroatoms. The number of aryl methyl sites for hydroxylation is 1. The first-order valence-corrected chi connectivity index (χ1v) is 11.3. The van der Waals surface area contributed by atoms with E-state index in [0.717, 1.165) is 37.4 Å². The van der Waals surface area contributed by atoms with Gasteiger partial charge in [0.2, 0.25) is 5.82 Å². The van der Waals surface area contributed by atoms with Gasteiger partial charge >= 0.3 is 17.9 Å². The van der Waals surface area contributed by atoms with Gasteiger partial charge in [-0.05, 0) is 30.7 Å². The maximum Gasteiger partial charge on any atom is 0.303 e. The average molecular weight is 496 g/mol. The second kappa shape index (κ2) is 10.8. The number of aromatic nitrogens is 1. The molecule has 8 nitrogen and oxygen atoms in total. The van der Waals surface area contributed by atoms with Crippen molar-refractivity contribution in [3.8, 4) is 16.9 Å². The van der Waals surface area contributed by atoms with Crippen LogP contribution in [0.5, 0.6) is 5.75 Å². The second-order valence-electron chi connectivity index (χ2n) is 7.57. The molecule has 0 radical (unpaired) electrons. The van der Waals surface area contributed by atoms with Crippen molar-refractivity contribution in [2.24, 2.45) is 0 Å². The molecule has 0 aliphatic carbocycles. The molecule has 0 saturated carbocycles. The number of esters is 3. The Balaban J connectivity index is 1.96. The first kappa shape index (κ1) is 25.4. The number of rotatable bonds is 6. The molecule has 34 heavy (non-hydrogen) atoms. The zero-order chi connectivity index (χ0) is 25.0. The Kier molecular flexibility index (Phi) is 8.08. The lowest BCUT2D eigenvalue weighted by molar-refractivity contribution is -0.186. The van der Waals surface area contributed by atoms with Gasteiger partial charge in [-0.2, -0.15) is 4.39 Å². The van der Waals surface area contributed by atoms with Crippen LogP contribution in [0, 0.1) is 18.6 Å². The van der Waals surface area contributed by atoms with E-state index in [-0.39, 0.29) is 5.75 Å². The summed E-state index contributed by atoms with van der Waals surface area (Å²) in [7, 11) is 0. The monoisotopic (exact) mass is 495 g/mol. The van der Waals surface area contributed by atoms with Crippen LogP contribution in [0.15, 0.2) is 30.5 Å². The van der Waals surface area contributed by atoms with E-state index >= 15 is 0 Å². The van der Waals surface area contributed by atoms with Gasteiger partial charge in [0, 0.05) is 44.0 Å². The smallest absolute Gasteiger partial charge is 0.303 e. The van der Waals surface area contributed by atoms with Crippen molar-refractivity contribution >= 4 is 29.7 Å². The maximum absolute atomic E-state index is 14.7. The van der Waals surface area contributed by atoms with Crippen molar-refractivity contribution in [3.63, 3.8) is 0 Å². The first-order valence-electron chi connectivity index (χ1n) is 10.3. The molecule has 1 fully saturated rings. The molecule has 1 aromatic carbocycles. The highest BCUT2D eigenvalue weighted by molar-refractivity contribution is 7.99. The van der Waals surface area contributed by atoms with E-state index in [9.17, 15) is 23.2 Å². The number of thioether (sulfide) groups is 1. The number of nitrogens with zero attached hydrogens (tertiary/aromatic N) is 1. The summed E-state index contributed by atoms with van der Waals surface area (Å²) in [4.78, 5) is 39.2. The SMILES string of the molecule is CC(=O)O[C@@H]1[C@@H](OC(C)=O)[C@@H](Oc2cc(-c3ccc(C)nc3)cc(F)c2F)SC[C@H]1OC(C)=O. The van der Waals surface area contributed by atoms with Gasteiger partial charge < -0.3 is 18.9 Å². The van der Waals surface area contributed by atoms with Gasteiger partial charge in [0.1, 0.15) is 0 Å². The number of pyridine rings is 1. The molecular formula is C23H23F2NO7S. The molecule has 0 bridgehead atoms. The molecule has 0 N–H and O–H groups in total. The van der Waals surface area contributed by atoms with Gasteiger partial charge in [-0.1, -0.05) is 6.07 Å². The number of benzene rings is 1. The number of ether oxygens (including phenoxy) is 4. The Morgan fingerprint density at radius 1 is 0.941 bits per heavy atom. The number of halogens is 2. The van der Waals surface area contributed by atoms with Crippen LogP contribution in [0.2, 0.25) is 0 Å². The van der Waals surface area contributed by atoms with Crippen molar-refractivity contribution in [3.05, 3.63) is 47.8 Å². The highest BCUT2D eigenvalue weighted by Gasteiger charge is 2.48. The van der Waals surface area contributed by atoms with Crippen LogP contribution in [0.1, 0.15) is 26.5 Å². The first-order chi connectivity index (χ1) is 16.0. The molecule has 3 rings (SSSR count). The average Bonchev–Trinajstić information content (AvgIpc) is 2.74. The normalized spacial score (nSPS) is 21.9. The van der Waals surface area contributed by atoms with E-state index in [1.165, 1.54) is 19.2 Å². The van der Waals surface area contributed by atoms with Gasteiger partial charge in [-0.3, -0.25) is 19.4 Å². The lowest BCUT2D eigenvalue weighted by Gasteiger charge is -2.39. The standard InChI is InChI=1S/C23H23F2NO7S/c1-11-5-6-15(9-26-11)16-7-17(24)20(25)18(8-16)33-23-22(32-14(4)29)21(31-13(3)28)19(10-34-23)30-12(2)27/h5-9,19,21-23H,10H2,1-4H3/t19-,21+,22-,23+/m1/s1. The quantitative estimate of drug-likeness (QED) is 0.440. The molecule has 2 heterocycles. The van der Waals surface area contributed by atoms with Gasteiger partial charge in [-0.25, -0.2) is 4.39 Å². The van der Waals surface area contributed by atoms with Gasteiger partial charge in [0.15, 0.2) is 35.3 Å². The Hall–Kier alpha value is -3.21. The molecular weight excluding hydrogens is 472 g/mol. The Bertz CT molecular complexity index is 1080. The summed E-state index contributed by atoms with van der Waals surface area (Å²) in [5.41, 5.74) is 0.514. The number of carbonyl (C=O) groups excluding carboxylic acids is 3. The number of hydrogen-bond donors (Lipinski definition) is 0. The van der Waals surface area contributed by atoms with Crippen LogP contribution in [0.25, 0.3) is 11.1 Å². The van der Waals surface area contributed by atoms with Crippen LogP contribution < -0.4 is 4.74 Å². The molecule has 1 aliphatic rings. The zero-order valence-corrected chi connectivity index (χ0v) is 19.7. The maximum atomic E-state index is 14.7. The summed E-state index contributed by atoms with van der Waals surface area (Å²) in [5, 5.41) is 0. The molecule has 1 aromatic heterocycles. The van der Waals surface area contributed by atoms with Crippen molar-refractivity contribution < 1.29 is 42.1 Å². The third-order valence-electron chi connectivity index (χ3n) is 4.79. The van der Waals surface area contributed by atoms with Crippen LogP contribution in [0.3, 0.4) is 0 Å². The lowest BCUT2D eigenvalue weighted by Crippen LogP contribution is -2.55. The lowest BCUT2D eigenvalue weighted by atomic mass is 10.1. The summed E-state index contributed by atoms with van der Waals surface area (Å²) in [6, 6.07) is 5.75. The van der Waals surface area contributed by atoms with E-state index in [1.54, 1.807) is 19.1 Å². The minimum Gasteiger partial charge on any atom is -0.472 e. The molecule has 4 atom stereocenters. The molecule has 2 aromatic rings. The summed E-state index contributed by atoms with van der Waals surface area (Å²) in [6.45, 7) is 5.25. The summed E-state index contributed by atoms with van der Waals surface area (Å²) < 4.78 is 50.7. The van der Waals surface area contributed by atoms with Gasteiger partial charge in [0.05, 0.1) is 0 Å².